The Balaban J connectivity index is 1.21. The van der Waals surface area contributed by atoms with Crippen molar-refractivity contribution in [2.24, 2.45) is 0 Å². The van der Waals surface area contributed by atoms with Crippen molar-refractivity contribution in [2.45, 2.75) is 19.3 Å². The summed E-state index contributed by atoms with van der Waals surface area (Å²) < 4.78 is 0. The molecule has 2 amide bonds. The van der Waals surface area contributed by atoms with Crippen molar-refractivity contribution in [3.05, 3.63) is 83.0 Å². The van der Waals surface area contributed by atoms with Crippen LogP contribution < -0.4 is 10.6 Å². The number of aromatic amines is 1. The number of para-hydroxylation sites is 1. The number of aromatic nitrogens is 2. The van der Waals surface area contributed by atoms with Gasteiger partial charge in [0, 0.05) is 41.0 Å². The van der Waals surface area contributed by atoms with Gasteiger partial charge < -0.3 is 10.3 Å². The van der Waals surface area contributed by atoms with Crippen molar-refractivity contribution in [1.29, 1.82) is 0 Å². The number of carbonyl (C=O) groups excluding carboxylic acids is 2. The van der Waals surface area contributed by atoms with Crippen molar-refractivity contribution in [1.82, 2.24) is 15.3 Å². The van der Waals surface area contributed by atoms with Gasteiger partial charge in [-0.25, -0.2) is 4.98 Å². The van der Waals surface area contributed by atoms with Crippen LogP contribution in [0, 0.1) is 0 Å². The van der Waals surface area contributed by atoms with Gasteiger partial charge in [0.1, 0.15) is 0 Å². The molecule has 0 aliphatic rings. The second kappa shape index (κ2) is 9.37. The van der Waals surface area contributed by atoms with E-state index in [9.17, 15) is 9.59 Å². The number of thiazole rings is 1. The Morgan fingerprint density at radius 2 is 1.80 bits per heavy atom. The van der Waals surface area contributed by atoms with Crippen molar-refractivity contribution >= 4 is 39.2 Å². The predicted octanol–water partition coefficient (Wildman–Crippen LogP) is 4.17. The lowest BCUT2D eigenvalue weighted by Crippen LogP contribution is -2.25. The Labute approximate surface area is 178 Å². The van der Waals surface area contributed by atoms with Crippen molar-refractivity contribution in [3.63, 3.8) is 0 Å². The van der Waals surface area contributed by atoms with Gasteiger partial charge >= 0.3 is 0 Å². The Morgan fingerprint density at radius 1 is 1.00 bits per heavy atom. The number of amides is 2. The summed E-state index contributed by atoms with van der Waals surface area (Å²) in [6.07, 6.45) is 3.68. The van der Waals surface area contributed by atoms with Gasteiger partial charge in [-0.3, -0.25) is 14.9 Å². The van der Waals surface area contributed by atoms with E-state index in [2.05, 4.69) is 26.7 Å². The van der Waals surface area contributed by atoms with E-state index >= 15 is 0 Å². The van der Waals surface area contributed by atoms with E-state index in [1.165, 1.54) is 22.3 Å². The van der Waals surface area contributed by atoms with Gasteiger partial charge in [0.2, 0.25) is 5.91 Å². The highest BCUT2D eigenvalue weighted by Gasteiger charge is 2.10. The summed E-state index contributed by atoms with van der Waals surface area (Å²) in [6, 6.07) is 17.2. The number of fused-ring (bicyclic) bond motifs is 1. The van der Waals surface area contributed by atoms with Crippen LogP contribution in [0.2, 0.25) is 0 Å². The third kappa shape index (κ3) is 4.93. The van der Waals surface area contributed by atoms with Crippen molar-refractivity contribution < 1.29 is 9.59 Å². The number of hydrogen-bond donors (Lipinski definition) is 3. The van der Waals surface area contributed by atoms with Crippen molar-refractivity contribution in [3.8, 4) is 0 Å². The standard InChI is InChI=1S/C23H22N4O2S/c28-21(24-13-12-17-14-25-20-9-5-4-8-19(17)20)11-10-18-15-30-23(26-18)27-22(29)16-6-2-1-3-7-16/h1-9,14-15,25H,10-13H2,(H,24,28)(H,26,27,29). The Hall–Kier alpha value is -3.45. The summed E-state index contributed by atoms with van der Waals surface area (Å²) in [7, 11) is 0. The zero-order chi connectivity index (χ0) is 20.8. The molecule has 2 heterocycles. The number of H-pyrrole nitrogens is 1. The lowest BCUT2D eigenvalue weighted by Gasteiger charge is -2.04. The van der Waals surface area contributed by atoms with Crippen LogP contribution in [0.1, 0.15) is 28.0 Å². The Kier molecular flexibility index (Phi) is 6.20. The molecular formula is C23H22N4O2S. The van der Waals surface area contributed by atoms with Crippen LogP contribution in [0.15, 0.2) is 66.2 Å². The normalized spacial score (nSPS) is 10.8. The molecule has 0 saturated carbocycles. The van der Waals surface area contributed by atoms with Crippen LogP contribution in [0.5, 0.6) is 0 Å². The molecule has 30 heavy (non-hydrogen) atoms. The maximum absolute atomic E-state index is 12.2. The Bertz CT molecular complexity index is 1150. The summed E-state index contributed by atoms with van der Waals surface area (Å²) in [4.78, 5) is 32.0. The minimum absolute atomic E-state index is 0.00212. The van der Waals surface area contributed by atoms with Crippen LogP contribution in [-0.4, -0.2) is 28.3 Å². The summed E-state index contributed by atoms with van der Waals surface area (Å²) in [5.74, 6) is -0.191. The lowest BCUT2D eigenvalue weighted by atomic mass is 10.1. The number of nitrogens with one attached hydrogen (secondary N) is 3. The fourth-order valence-corrected chi connectivity index (χ4v) is 3.98. The first-order valence-corrected chi connectivity index (χ1v) is 10.7. The number of aryl methyl sites for hydroxylation is 1. The first kappa shape index (κ1) is 19.8. The highest BCUT2D eigenvalue weighted by molar-refractivity contribution is 7.14. The molecule has 2 aromatic heterocycles. The number of anilines is 1. The molecule has 3 N–H and O–H groups in total. The second-order valence-electron chi connectivity index (χ2n) is 6.92. The topological polar surface area (TPSA) is 86.9 Å². The molecule has 6 nitrogen and oxygen atoms in total. The second-order valence-corrected chi connectivity index (χ2v) is 7.78. The largest absolute Gasteiger partial charge is 0.361 e. The maximum atomic E-state index is 12.2. The van der Waals surface area contributed by atoms with Gasteiger partial charge in [-0.05, 0) is 36.6 Å². The van der Waals surface area contributed by atoms with E-state index in [1.807, 2.05) is 48.0 Å². The van der Waals surface area contributed by atoms with Gasteiger partial charge in [-0.2, -0.15) is 0 Å². The summed E-state index contributed by atoms with van der Waals surface area (Å²) in [5.41, 5.74) is 3.70. The molecule has 0 saturated heterocycles. The molecule has 0 radical (unpaired) electrons. The molecule has 2 aromatic carbocycles. The molecule has 4 rings (SSSR count). The van der Waals surface area contributed by atoms with Crippen LogP contribution in [0.25, 0.3) is 10.9 Å². The fourth-order valence-electron chi connectivity index (χ4n) is 3.24. The third-order valence-corrected chi connectivity index (χ3v) is 5.61. The highest BCUT2D eigenvalue weighted by atomic mass is 32.1. The summed E-state index contributed by atoms with van der Waals surface area (Å²) in [6.45, 7) is 0.593. The minimum Gasteiger partial charge on any atom is -0.361 e. The van der Waals surface area contributed by atoms with Crippen LogP contribution in [0.3, 0.4) is 0 Å². The first-order chi connectivity index (χ1) is 14.7. The fraction of sp³-hybridized carbons (Fsp3) is 0.174. The first-order valence-electron chi connectivity index (χ1n) is 9.81. The SMILES string of the molecule is O=C(CCc1csc(NC(=O)c2ccccc2)n1)NCCc1c[nH]c2ccccc12. The van der Waals surface area contributed by atoms with E-state index < -0.39 is 0 Å². The molecule has 0 fully saturated rings. The molecule has 0 aliphatic carbocycles. The molecule has 4 aromatic rings. The van der Waals surface area contributed by atoms with Gasteiger partial charge in [0.05, 0.1) is 5.69 Å². The molecule has 0 bridgehead atoms. The van der Waals surface area contributed by atoms with Gasteiger partial charge in [-0.15, -0.1) is 11.3 Å². The average Bonchev–Trinajstić information content (AvgIpc) is 3.40. The van der Waals surface area contributed by atoms with E-state index in [-0.39, 0.29) is 11.8 Å². The number of carbonyl (C=O) groups is 2. The van der Waals surface area contributed by atoms with Gasteiger partial charge in [0.15, 0.2) is 5.13 Å². The molecule has 0 unspecified atom stereocenters. The van der Waals surface area contributed by atoms with Crippen LogP contribution >= 0.6 is 11.3 Å². The molecule has 152 valence electrons. The number of rotatable bonds is 8. The summed E-state index contributed by atoms with van der Waals surface area (Å²) >= 11 is 1.36. The molecule has 0 aliphatic heterocycles. The van der Waals surface area contributed by atoms with Crippen molar-refractivity contribution in [2.75, 3.05) is 11.9 Å². The van der Waals surface area contributed by atoms with E-state index in [0.717, 1.165) is 17.6 Å². The van der Waals surface area contributed by atoms with Crippen LogP contribution in [0.4, 0.5) is 5.13 Å². The van der Waals surface area contributed by atoms with E-state index in [4.69, 9.17) is 0 Å². The molecular weight excluding hydrogens is 396 g/mol. The third-order valence-electron chi connectivity index (χ3n) is 4.81. The van der Waals surface area contributed by atoms with E-state index in [1.54, 1.807) is 12.1 Å². The zero-order valence-corrected chi connectivity index (χ0v) is 17.2. The van der Waals surface area contributed by atoms with E-state index in [0.29, 0.717) is 30.1 Å². The number of benzene rings is 2. The molecule has 7 heteroatoms. The minimum atomic E-state index is -0.188. The smallest absolute Gasteiger partial charge is 0.257 e. The monoisotopic (exact) mass is 418 g/mol. The Morgan fingerprint density at radius 3 is 2.67 bits per heavy atom. The van der Waals surface area contributed by atoms with Gasteiger partial charge in [-0.1, -0.05) is 36.4 Å². The molecule has 0 atom stereocenters. The summed E-state index contributed by atoms with van der Waals surface area (Å²) in [5, 5.41) is 9.37. The van der Waals surface area contributed by atoms with Gasteiger partial charge in [0.25, 0.3) is 5.91 Å². The highest BCUT2D eigenvalue weighted by Crippen LogP contribution is 2.19. The molecule has 0 spiro atoms. The van der Waals surface area contributed by atoms with Crippen LogP contribution in [-0.2, 0) is 17.6 Å². The quantitative estimate of drug-likeness (QED) is 0.401. The lowest BCUT2D eigenvalue weighted by molar-refractivity contribution is -0.121. The predicted molar refractivity (Wildman–Crippen MR) is 120 cm³/mol. The number of nitrogens with zero attached hydrogens (tertiary/aromatic N) is 1. The average molecular weight is 419 g/mol. The maximum Gasteiger partial charge on any atom is 0.257 e. The zero-order valence-electron chi connectivity index (χ0n) is 16.4. The number of hydrogen-bond acceptors (Lipinski definition) is 4.